The molecule has 0 aliphatic rings. The first-order valence-corrected chi connectivity index (χ1v) is 14.7. The van der Waals surface area contributed by atoms with Gasteiger partial charge in [-0.05, 0) is 74.5 Å². The predicted molar refractivity (Wildman–Crippen MR) is 180 cm³/mol. The second kappa shape index (κ2) is 11.3. The lowest BCUT2D eigenvalue weighted by Crippen LogP contribution is -2.15. The number of halogens is 2. The molecule has 0 unspecified atom stereocenters. The summed E-state index contributed by atoms with van der Waals surface area (Å²) >= 11 is 0. The van der Waals surface area contributed by atoms with Crippen LogP contribution in [0.2, 0.25) is 0 Å². The Balaban J connectivity index is 1.61. The van der Waals surface area contributed by atoms with Crippen molar-refractivity contribution < 1.29 is 8.78 Å². The number of nitrogens with zero attached hydrogens (tertiary/aromatic N) is 2. The molecule has 0 N–H and O–H groups in total. The number of fused-ring (bicyclic) bond motifs is 2. The van der Waals surface area contributed by atoms with Crippen molar-refractivity contribution in [2.24, 2.45) is 0 Å². The Morgan fingerprint density at radius 3 is 1.02 bits per heavy atom. The molecule has 0 radical (unpaired) electrons. The molecule has 214 valence electrons. The van der Waals surface area contributed by atoms with Crippen LogP contribution in [0, 0.1) is 25.5 Å². The van der Waals surface area contributed by atoms with E-state index in [0.717, 1.165) is 66.8 Å². The van der Waals surface area contributed by atoms with Gasteiger partial charge in [0.05, 0.1) is 11.4 Å². The van der Waals surface area contributed by atoms with Crippen LogP contribution in [-0.4, -0.2) is 0 Å². The highest BCUT2D eigenvalue weighted by atomic mass is 19.1. The number of rotatable bonds is 6. The highest BCUT2D eigenvalue weighted by molar-refractivity contribution is 6.23. The predicted octanol–water partition coefficient (Wildman–Crippen LogP) is 11.8. The first kappa shape index (κ1) is 27.4. The average molecular weight is 577 g/mol. The van der Waals surface area contributed by atoms with Crippen LogP contribution in [0.3, 0.4) is 0 Å². The first-order chi connectivity index (χ1) is 21.5. The second-order valence-electron chi connectivity index (χ2n) is 11.1. The summed E-state index contributed by atoms with van der Waals surface area (Å²) < 4.78 is 29.6. The zero-order chi connectivity index (χ0) is 30.2. The quantitative estimate of drug-likeness (QED) is 0.143. The van der Waals surface area contributed by atoms with E-state index in [1.807, 2.05) is 36.4 Å². The fourth-order valence-corrected chi connectivity index (χ4v) is 6.00. The maximum atomic E-state index is 14.8. The number of hydrogen-bond acceptors (Lipinski definition) is 2. The average Bonchev–Trinajstić information content (AvgIpc) is 3.04. The molecule has 44 heavy (non-hydrogen) atoms. The molecule has 4 heteroatoms. The van der Waals surface area contributed by atoms with E-state index >= 15 is 0 Å². The zero-order valence-electron chi connectivity index (χ0n) is 24.5. The van der Waals surface area contributed by atoms with Gasteiger partial charge in [0, 0.05) is 44.3 Å². The van der Waals surface area contributed by atoms with Crippen LogP contribution in [-0.2, 0) is 0 Å². The summed E-state index contributed by atoms with van der Waals surface area (Å²) in [6, 6.07) is 46.6. The standard InChI is InChI=1S/C40H30F2N2/c1-27-17-21-31(22-18-27)43(33-11-7-9-29(41)25-33)39-35-13-3-5-15-37(35)40(38-16-6-4-14-36(38)39)44(32-23-19-28(2)20-24-32)34-12-8-10-30(42)26-34/h3-26H,1-2H3. The van der Waals surface area contributed by atoms with Crippen molar-refractivity contribution in [3.8, 4) is 0 Å². The Kier molecular flexibility index (Phi) is 7.03. The number of anilines is 6. The molecule has 0 heterocycles. The van der Waals surface area contributed by atoms with E-state index in [-0.39, 0.29) is 11.6 Å². The molecular weight excluding hydrogens is 546 g/mol. The molecule has 7 aromatic rings. The van der Waals surface area contributed by atoms with Gasteiger partial charge >= 0.3 is 0 Å². The van der Waals surface area contributed by atoms with Crippen molar-refractivity contribution in [1.29, 1.82) is 0 Å². The largest absolute Gasteiger partial charge is 0.309 e. The fraction of sp³-hybridized carbons (Fsp3) is 0.0500. The van der Waals surface area contributed by atoms with Crippen molar-refractivity contribution in [2.75, 3.05) is 9.80 Å². The summed E-state index contributed by atoms with van der Waals surface area (Å²) in [5, 5.41) is 3.94. The Bertz CT molecular complexity index is 1910. The van der Waals surface area contributed by atoms with Gasteiger partial charge in [0.1, 0.15) is 11.6 Å². The molecule has 0 aliphatic heterocycles. The normalized spacial score (nSPS) is 11.2. The summed E-state index contributed by atoms with van der Waals surface area (Å²) in [5.74, 6) is -0.608. The minimum Gasteiger partial charge on any atom is -0.309 e. The topological polar surface area (TPSA) is 6.48 Å². The molecule has 0 saturated heterocycles. The van der Waals surface area contributed by atoms with E-state index in [9.17, 15) is 8.78 Å². The van der Waals surface area contributed by atoms with Crippen molar-refractivity contribution in [1.82, 2.24) is 0 Å². The van der Waals surface area contributed by atoms with E-state index in [1.165, 1.54) is 12.1 Å². The van der Waals surface area contributed by atoms with E-state index in [4.69, 9.17) is 0 Å². The molecule has 2 nitrogen and oxygen atoms in total. The molecule has 0 fully saturated rings. The van der Waals surface area contributed by atoms with Crippen LogP contribution in [0.25, 0.3) is 21.5 Å². The van der Waals surface area contributed by atoms with Gasteiger partial charge in [0.2, 0.25) is 0 Å². The van der Waals surface area contributed by atoms with E-state index in [1.54, 1.807) is 24.3 Å². The summed E-state index contributed by atoms with van der Waals surface area (Å²) in [4.78, 5) is 4.27. The van der Waals surface area contributed by atoms with Gasteiger partial charge in [-0.25, -0.2) is 8.78 Å². The van der Waals surface area contributed by atoms with Crippen molar-refractivity contribution in [2.45, 2.75) is 13.8 Å². The molecule has 0 aliphatic carbocycles. The fourth-order valence-electron chi connectivity index (χ4n) is 6.00. The van der Waals surface area contributed by atoms with E-state index < -0.39 is 0 Å². The molecule has 0 bridgehead atoms. The van der Waals surface area contributed by atoms with Gasteiger partial charge in [0.15, 0.2) is 0 Å². The van der Waals surface area contributed by atoms with Gasteiger partial charge < -0.3 is 9.80 Å². The lowest BCUT2D eigenvalue weighted by Gasteiger charge is -2.33. The minimum atomic E-state index is -0.304. The van der Waals surface area contributed by atoms with E-state index in [0.29, 0.717) is 0 Å². The lowest BCUT2D eigenvalue weighted by atomic mass is 9.95. The molecule has 0 aromatic heterocycles. The van der Waals surface area contributed by atoms with Gasteiger partial charge in [-0.3, -0.25) is 0 Å². The van der Waals surface area contributed by atoms with Gasteiger partial charge in [-0.15, -0.1) is 0 Å². The highest BCUT2D eigenvalue weighted by Gasteiger charge is 2.25. The summed E-state index contributed by atoms with van der Waals surface area (Å²) in [6.07, 6.45) is 0. The Morgan fingerprint density at radius 1 is 0.364 bits per heavy atom. The zero-order valence-corrected chi connectivity index (χ0v) is 24.5. The SMILES string of the molecule is Cc1ccc(N(c2cccc(F)c2)c2c3ccccc3c(N(c3ccc(C)cc3)c3cccc(F)c3)c3ccccc23)cc1. The Labute approximate surface area is 256 Å². The smallest absolute Gasteiger partial charge is 0.125 e. The van der Waals surface area contributed by atoms with Crippen molar-refractivity contribution in [3.05, 3.63) is 168 Å². The maximum absolute atomic E-state index is 14.8. The molecule has 0 spiro atoms. The molecule has 7 aromatic carbocycles. The Morgan fingerprint density at radius 2 is 0.705 bits per heavy atom. The highest BCUT2D eigenvalue weighted by Crippen LogP contribution is 2.50. The van der Waals surface area contributed by atoms with Gasteiger partial charge in [-0.2, -0.15) is 0 Å². The van der Waals surface area contributed by atoms with Crippen LogP contribution in [0.1, 0.15) is 11.1 Å². The third-order valence-corrected chi connectivity index (χ3v) is 8.04. The number of benzene rings is 7. The second-order valence-corrected chi connectivity index (χ2v) is 11.1. The lowest BCUT2D eigenvalue weighted by molar-refractivity contribution is 0.627. The maximum Gasteiger partial charge on any atom is 0.125 e. The van der Waals surface area contributed by atoms with Crippen LogP contribution in [0.15, 0.2) is 146 Å². The number of aryl methyl sites for hydroxylation is 2. The van der Waals surface area contributed by atoms with Crippen LogP contribution >= 0.6 is 0 Å². The van der Waals surface area contributed by atoms with Crippen molar-refractivity contribution in [3.63, 3.8) is 0 Å². The summed E-state index contributed by atoms with van der Waals surface area (Å²) in [7, 11) is 0. The molecular formula is C40H30F2N2. The van der Waals surface area contributed by atoms with Crippen molar-refractivity contribution >= 4 is 55.7 Å². The molecule has 0 amide bonds. The van der Waals surface area contributed by atoms with Crippen LogP contribution in [0.5, 0.6) is 0 Å². The monoisotopic (exact) mass is 576 g/mol. The third kappa shape index (κ3) is 4.95. The number of hydrogen-bond donors (Lipinski definition) is 0. The van der Waals surface area contributed by atoms with E-state index in [2.05, 4.69) is 96.4 Å². The molecule has 7 rings (SSSR count). The Hall–Kier alpha value is -5.48. The van der Waals surface area contributed by atoms with Gasteiger partial charge in [0.25, 0.3) is 0 Å². The first-order valence-electron chi connectivity index (χ1n) is 14.7. The van der Waals surface area contributed by atoms with Gasteiger partial charge in [-0.1, -0.05) is 96.1 Å². The molecule has 0 saturated carbocycles. The summed E-state index contributed by atoms with van der Waals surface area (Å²) in [5.41, 5.74) is 7.45. The summed E-state index contributed by atoms with van der Waals surface area (Å²) in [6.45, 7) is 4.12. The van der Waals surface area contributed by atoms with Crippen LogP contribution < -0.4 is 9.80 Å². The third-order valence-electron chi connectivity index (χ3n) is 8.04. The van der Waals surface area contributed by atoms with Crippen LogP contribution in [0.4, 0.5) is 42.9 Å². The molecule has 0 atom stereocenters. The minimum absolute atomic E-state index is 0.304.